The summed E-state index contributed by atoms with van der Waals surface area (Å²) < 4.78 is 6.10. The first-order valence-electron chi connectivity index (χ1n) is 12.3. The molecule has 3 aromatic rings. The van der Waals surface area contributed by atoms with Crippen LogP contribution >= 0.6 is 11.3 Å². The number of fused-ring (bicyclic) bond motifs is 1. The van der Waals surface area contributed by atoms with Gasteiger partial charge in [0.25, 0.3) is 5.91 Å². The van der Waals surface area contributed by atoms with E-state index in [2.05, 4.69) is 58.5 Å². The van der Waals surface area contributed by atoms with E-state index >= 15 is 0 Å². The van der Waals surface area contributed by atoms with Gasteiger partial charge in [-0.05, 0) is 68.9 Å². The minimum absolute atomic E-state index is 0.0623. The fraction of sp³-hybridized carbons (Fsp3) is 0.393. The highest BCUT2D eigenvalue weighted by atomic mass is 32.1. The number of benzene rings is 2. The molecule has 35 heavy (non-hydrogen) atoms. The van der Waals surface area contributed by atoms with Crippen LogP contribution in [-0.2, 0) is 17.8 Å². The van der Waals surface area contributed by atoms with Crippen molar-refractivity contribution < 1.29 is 14.3 Å². The first-order chi connectivity index (χ1) is 16.9. The van der Waals surface area contributed by atoms with Crippen molar-refractivity contribution in [2.45, 2.75) is 58.7 Å². The second-order valence-electron chi connectivity index (χ2n) is 9.77. The van der Waals surface area contributed by atoms with Gasteiger partial charge in [0.15, 0.2) is 0 Å². The number of thiazole rings is 1. The Morgan fingerprint density at radius 3 is 2.66 bits per heavy atom. The number of hydrogen-bond acceptors (Lipinski definition) is 5. The number of hydrogen-bond donors (Lipinski definition) is 1. The van der Waals surface area contributed by atoms with Crippen LogP contribution in [0.5, 0.6) is 5.75 Å². The molecule has 2 heterocycles. The smallest absolute Gasteiger partial charge is 0.270 e. The zero-order valence-corrected chi connectivity index (χ0v) is 21.2. The Balaban J connectivity index is 1.38. The Kier molecular flexibility index (Phi) is 6.60. The van der Waals surface area contributed by atoms with Gasteiger partial charge in [-0.25, -0.2) is 4.98 Å². The Labute approximate surface area is 210 Å². The van der Waals surface area contributed by atoms with Crippen LogP contribution < -0.4 is 10.1 Å². The van der Waals surface area contributed by atoms with Crippen LogP contribution in [0.1, 0.15) is 70.5 Å². The molecule has 182 valence electrons. The standard InChI is InChI=1S/C28H31N3O3S/c1-17(2)29-27(32)24-16-35-25(30-24)15-34-22-11-10-19-12-13-31(28(33)21-8-9-21)26(23(19)14-22)20-6-4-18(3)5-7-20/h4-7,10-11,14,16-17,21,26H,8-9,12-13,15H2,1-3H3,(H,29,32)/t26-/m0/s1. The molecular weight excluding hydrogens is 458 g/mol. The molecule has 2 aromatic carbocycles. The number of carbonyl (C=O) groups excluding carboxylic acids is 2. The molecule has 1 aliphatic heterocycles. The van der Waals surface area contributed by atoms with Crippen molar-refractivity contribution in [1.82, 2.24) is 15.2 Å². The number of carbonyl (C=O) groups is 2. The zero-order valence-electron chi connectivity index (χ0n) is 20.4. The SMILES string of the molecule is Cc1ccc([C@H]2c3cc(OCc4nc(C(=O)NC(C)C)cs4)ccc3CCN2C(=O)C2CC2)cc1. The van der Waals surface area contributed by atoms with E-state index in [0.717, 1.165) is 47.7 Å². The Bertz CT molecular complexity index is 1230. The van der Waals surface area contributed by atoms with Gasteiger partial charge >= 0.3 is 0 Å². The van der Waals surface area contributed by atoms with E-state index in [-0.39, 0.29) is 29.8 Å². The van der Waals surface area contributed by atoms with Crippen molar-refractivity contribution in [3.8, 4) is 5.75 Å². The maximum Gasteiger partial charge on any atom is 0.270 e. The summed E-state index contributed by atoms with van der Waals surface area (Å²) in [5, 5.41) is 5.37. The molecule has 1 saturated carbocycles. The molecule has 0 saturated heterocycles. The van der Waals surface area contributed by atoms with E-state index in [9.17, 15) is 9.59 Å². The van der Waals surface area contributed by atoms with Crippen molar-refractivity contribution in [2.75, 3.05) is 6.54 Å². The fourth-order valence-corrected chi connectivity index (χ4v) is 5.24. The van der Waals surface area contributed by atoms with Gasteiger partial charge < -0.3 is 15.0 Å². The predicted molar refractivity (Wildman–Crippen MR) is 137 cm³/mol. The molecule has 1 atom stereocenters. The predicted octanol–water partition coefficient (Wildman–Crippen LogP) is 5.05. The molecule has 2 aliphatic rings. The monoisotopic (exact) mass is 489 g/mol. The fourth-order valence-electron chi connectivity index (χ4n) is 4.56. The first kappa shape index (κ1) is 23.5. The molecule has 0 bridgehead atoms. The van der Waals surface area contributed by atoms with Gasteiger partial charge in [0, 0.05) is 23.9 Å². The summed E-state index contributed by atoms with van der Waals surface area (Å²) >= 11 is 1.42. The molecule has 1 aromatic heterocycles. The number of amides is 2. The van der Waals surface area contributed by atoms with E-state index in [1.807, 2.05) is 19.9 Å². The average Bonchev–Trinajstić information content (AvgIpc) is 3.59. The Hall–Kier alpha value is -3.19. The molecular formula is C28H31N3O3S. The zero-order chi connectivity index (χ0) is 24.5. The van der Waals surface area contributed by atoms with Gasteiger partial charge in [0.2, 0.25) is 5.91 Å². The largest absolute Gasteiger partial charge is 0.486 e. The molecule has 7 heteroatoms. The van der Waals surface area contributed by atoms with Crippen molar-refractivity contribution in [1.29, 1.82) is 0 Å². The normalized spacial score (nSPS) is 17.3. The number of nitrogens with one attached hydrogen (secondary N) is 1. The van der Waals surface area contributed by atoms with E-state index < -0.39 is 0 Å². The van der Waals surface area contributed by atoms with Crippen LogP contribution in [0.15, 0.2) is 47.8 Å². The van der Waals surface area contributed by atoms with Gasteiger partial charge in [0.1, 0.15) is 23.1 Å². The quantitative estimate of drug-likeness (QED) is 0.504. The third-order valence-electron chi connectivity index (χ3n) is 6.51. The highest BCUT2D eigenvalue weighted by Crippen LogP contribution is 2.41. The maximum atomic E-state index is 13.2. The van der Waals surface area contributed by atoms with E-state index in [4.69, 9.17) is 4.74 Å². The van der Waals surface area contributed by atoms with Crippen LogP contribution in [0.4, 0.5) is 0 Å². The summed E-state index contributed by atoms with van der Waals surface area (Å²) in [6, 6.07) is 14.6. The second kappa shape index (κ2) is 9.82. The van der Waals surface area contributed by atoms with Crippen LogP contribution in [0, 0.1) is 12.8 Å². The topological polar surface area (TPSA) is 71.5 Å². The summed E-state index contributed by atoms with van der Waals surface area (Å²) in [5.74, 6) is 1.01. The molecule has 2 amide bonds. The first-order valence-corrected chi connectivity index (χ1v) is 13.1. The minimum Gasteiger partial charge on any atom is -0.486 e. The van der Waals surface area contributed by atoms with Crippen LogP contribution in [0.3, 0.4) is 0 Å². The van der Waals surface area contributed by atoms with Gasteiger partial charge in [0.05, 0.1) is 6.04 Å². The highest BCUT2D eigenvalue weighted by molar-refractivity contribution is 7.09. The van der Waals surface area contributed by atoms with E-state index in [1.165, 1.54) is 22.5 Å². The van der Waals surface area contributed by atoms with Gasteiger partial charge in [-0.2, -0.15) is 0 Å². The van der Waals surface area contributed by atoms with Crippen LogP contribution in [-0.4, -0.2) is 34.3 Å². The third-order valence-corrected chi connectivity index (χ3v) is 7.34. The molecule has 6 nitrogen and oxygen atoms in total. The summed E-state index contributed by atoms with van der Waals surface area (Å²) in [7, 11) is 0. The average molecular weight is 490 g/mol. The maximum absolute atomic E-state index is 13.2. The molecule has 0 radical (unpaired) electrons. The lowest BCUT2D eigenvalue weighted by Crippen LogP contribution is -2.41. The lowest BCUT2D eigenvalue weighted by atomic mass is 9.87. The summed E-state index contributed by atoms with van der Waals surface area (Å²) in [6.07, 6.45) is 2.84. The number of nitrogens with zero attached hydrogens (tertiary/aromatic N) is 2. The van der Waals surface area contributed by atoms with Gasteiger partial charge in [-0.1, -0.05) is 35.9 Å². The van der Waals surface area contributed by atoms with Crippen molar-refractivity contribution in [2.24, 2.45) is 5.92 Å². The molecule has 1 N–H and O–H groups in total. The Morgan fingerprint density at radius 2 is 1.94 bits per heavy atom. The van der Waals surface area contributed by atoms with Crippen LogP contribution in [0.2, 0.25) is 0 Å². The van der Waals surface area contributed by atoms with Crippen molar-refractivity contribution in [3.05, 3.63) is 80.8 Å². The second-order valence-corrected chi connectivity index (χ2v) is 10.7. The summed E-state index contributed by atoms with van der Waals surface area (Å²) in [4.78, 5) is 31.9. The lowest BCUT2D eigenvalue weighted by Gasteiger charge is -2.38. The minimum atomic E-state index is -0.169. The number of ether oxygens (including phenoxy) is 1. The van der Waals surface area contributed by atoms with Crippen LogP contribution in [0.25, 0.3) is 0 Å². The summed E-state index contributed by atoms with van der Waals surface area (Å²) in [6.45, 7) is 6.95. The lowest BCUT2D eigenvalue weighted by molar-refractivity contribution is -0.134. The molecule has 1 aliphatic carbocycles. The highest BCUT2D eigenvalue weighted by Gasteiger charge is 2.39. The van der Waals surface area contributed by atoms with Crippen molar-refractivity contribution in [3.63, 3.8) is 0 Å². The van der Waals surface area contributed by atoms with E-state index in [0.29, 0.717) is 12.3 Å². The van der Waals surface area contributed by atoms with Gasteiger partial charge in [-0.3, -0.25) is 9.59 Å². The van der Waals surface area contributed by atoms with Gasteiger partial charge in [-0.15, -0.1) is 11.3 Å². The molecule has 1 fully saturated rings. The number of aryl methyl sites for hydroxylation is 1. The molecule has 0 spiro atoms. The molecule has 5 rings (SSSR count). The Morgan fingerprint density at radius 1 is 1.17 bits per heavy atom. The third kappa shape index (κ3) is 5.25. The number of rotatable bonds is 7. The molecule has 0 unspecified atom stereocenters. The summed E-state index contributed by atoms with van der Waals surface area (Å²) in [5.41, 5.74) is 5.13. The number of aromatic nitrogens is 1. The van der Waals surface area contributed by atoms with E-state index in [1.54, 1.807) is 5.38 Å². The van der Waals surface area contributed by atoms with Crippen molar-refractivity contribution >= 4 is 23.2 Å².